The van der Waals surface area contributed by atoms with Crippen LogP contribution in [0.5, 0.6) is 0 Å². The summed E-state index contributed by atoms with van der Waals surface area (Å²) in [5.41, 5.74) is 1.57. The van der Waals surface area contributed by atoms with Crippen molar-refractivity contribution in [3.05, 3.63) is 38.0 Å². The zero-order chi connectivity index (χ0) is 18.7. The molecule has 0 aromatic carbocycles. The Morgan fingerprint density at radius 1 is 1.19 bits per heavy atom. The lowest BCUT2D eigenvalue weighted by atomic mass is 10.3. The fourth-order valence-corrected chi connectivity index (χ4v) is 4.82. The molecule has 26 heavy (non-hydrogen) atoms. The minimum Gasteiger partial charge on any atom is -0.351 e. The van der Waals surface area contributed by atoms with Gasteiger partial charge in [0.2, 0.25) is 5.91 Å². The van der Waals surface area contributed by atoms with E-state index < -0.39 is 0 Å². The van der Waals surface area contributed by atoms with E-state index in [2.05, 4.69) is 20.6 Å². The van der Waals surface area contributed by atoms with Crippen molar-refractivity contribution in [2.45, 2.75) is 33.7 Å². The van der Waals surface area contributed by atoms with Gasteiger partial charge < -0.3 is 5.32 Å². The first-order valence-corrected chi connectivity index (χ1v) is 10.5. The van der Waals surface area contributed by atoms with Crippen LogP contribution < -0.4 is 10.6 Å². The summed E-state index contributed by atoms with van der Waals surface area (Å²) < 4.78 is 0. The van der Waals surface area contributed by atoms with Crippen LogP contribution in [-0.2, 0) is 17.8 Å². The van der Waals surface area contributed by atoms with Crippen molar-refractivity contribution < 1.29 is 9.59 Å². The number of carbonyl (C=O) groups is 2. The molecule has 136 valence electrons. The molecule has 0 radical (unpaired) electrons. The molecule has 0 bridgehead atoms. The molecule has 3 aromatic heterocycles. The molecule has 2 amide bonds. The van der Waals surface area contributed by atoms with Gasteiger partial charge in [0.15, 0.2) is 5.13 Å². The molecule has 0 aliphatic carbocycles. The Balaban J connectivity index is 1.68. The highest BCUT2D eigenvalue weighted by atomic mass is 32.1. The summed E-state index contributed by atoms with van der Waals surface area (Å²) in [4.78, 5) is 35.0. The van der Waals surface area contributed by atoms with Gasteiger partial charge >= 0.3 is 0 Å². The van der Waals surface area contributed by atoms with Crippen molar-refractivity contribution in [3.63, 3.8) is 0 Å². The maximum Gasteiger partial charge on any atom is 0.269 e. The van der Waals surface area contributed by atoms with Gasteiger partial charge in [-0.25, -0.2) is 9.97 Å². The highest BCUT2D eigenvalue weighted by Crippen LogP contribution is 2.31. The summed E-state index contributed by atoms with van der Waals surface area (Å²) >= 11 is 4.39. The molecule has 3 aromatic rings. The number of nitrogens with one attached hydrogen (secondary N) is 2. The first-order chi connectivity index (χ1) is 12.5. The fourth-order valence-electron chi connectivity index (χ4n) is 2.23. The van der Waals surface area contributed by atoms with Crippen molar-refractivity contribution in [3.8, 4) is 10.6 Å². The van der Waals surface area contributed by atoms with E-state index in [-0.39, 0.29) is 11.8 Å². The van der Waals surface area contributed by atoms with Crippen molar-refractivity contribution in [1.29, 1.82) is 0 Å². The summed E-state index contributed by atoms with van der Waals surface area (Å²) in [5, 5.41) is 9.08. The van der Waals surface area contributed by atoms with E-state index >= 15 is 0 Å². The van der Waals surface area contributed by atoms with Gasteiger partial charge in [-0.2, -0.15) is 0 Å². The molecule has 9 heteroatoms. The van der Waals surface area contributed by atoms with Gasteiger partial charge in [-0.15, -0.1) is 34.0 Å². The van der Waals surface area contributed by atoms with Crippen molar-refractivity contribution in [2.75, 3.05) is 5.32 Å². The van der Waals surface area contributed by atoms with Crippen LogP contribution in [0.15, 0.2) is 17.5 Å². The molecule has 0 saturated heterocycles. The van der Waals surface area contributed by atoms with E-state index in [0.717, 1.165) is 32.6 Å². The summed E-state index contributed by atoms with van der Waals surface area (Å²) in [6.07, 6.45) is 0.819. The molecule has 0 unspecified atom stereocenters. The highest BCUT2D eigenvalue weighted by molar-refractivity contribution is 7.17. The lowest BCUT2D eigenvalue weighted by molar-refractivity contribution is -0.119. The number of carbonyl (C=O) groups excluding carboxylic acids is 2. The average molecular weight is 407 g/mol. The summed E-state index contributed by atoms with van der Waals surface area (Å²) in [6, 6.07) is 3.95. The minimum absolute atomic E-state index is 0.0526. The number of hydrogen-bond donors (Lipinski definition) is 2. The van der Waals surface area contributed by atoms with E-state index in [1.54, 1.807) is 11.3 Å². The van der Waals surface area contributed by atoms with Crippen LogP contribution in [0.25, 0.3) is 10.6 Å². The second-order valence-corrected chi connectivity index (χ2v) is 8.65. The third-order valence-corrected chi connectivity index (χ3v) is 6.67. The smallest absolute Gasteiger partial charge is 0.269 e. The SMILES string of the molecule is CCc1nc(C)c(C(=O)Nc2nc(-c3ccc(CNC(C)=O)s3)cs2)s1. The topological polar surface area (TPSA) is 84.0 Å². The van der Waals surface area contributed by atoms with Crippen LogP contribution in [0.4, 0.5) is 5.13 Å². The molecule has 0 aliphatic rings. The van der Waals surface area contributed by atoms with Gasteiger partial charge in [-0.3, -0.25) is 14.9 Å². The van der Waals surface area contributed by atoms with Crippen LogP contribution in [0.2, 0.25) is 0 Å². The van der Waals surface area contributed by atoms with Gasteiger partial charge in [0.25, 0.3) is 5.91 Å². The molecule has 6 nitrogen and oxygen atoms in total. The quantitative estimate of drug-likeness (QED) is 0.646. The standard InChI is InChI=1S/C17H18N4O2S3/c1-4-14-19-9(2)15(26-14)16(23)21-17-20-12(8-24-17)13-6-5-11(25-13)7-18-10(3)22/h5-6,8H,4,7H2,1-3H3,(H,18,22)(H,20,21,23). The maximum absolute atomic E-state index is 12.5. The van der Waals surface area contributed by atoms with E-state index in [1.165, 1.54) is 29.6 Å². The number of hydrogen-bond acceptors (Lipinski definition) is 7. The number of nitrogens with zero attached hydrogens (tertiary/aromatic N) is 2. The van der Waals surface area contributed by atoms with Crippen molar-refractivity contribution >= 4 is 51.0 Å². The van der Waals surface area contributed by atoms with Gasteiger partial charge in [-0.1, -0.05) is 6.92 Å². The Morgan fingerprint density at radius 3 is 2.69 bits per heavy atom. The van der Waals surface area contributed by atoms with E-state index in [0.29, 0.717) is 16.6 Å². The monoisotopic (exact) mass is 406 g/mol. The Kier molecular flexibility index (Phi) is 5.80. The van der Waals surface area contributed by atoms with Gasteiger partial charge in [0, 0.05) is 17.2 Å². The molecular formula is C17H18N4O2S3. The molecule has 0 fully saturated rings. The molecule has 3 rings (SSSR count). The number of rotatable bonds is 6. The lowest BCUT2D eigenvalue weighted by Crippen LogP contribution is -2.17. The van der Waals surface area contributed by atoms with Crippen LogP contribution in [-0.4, -0.2) is 21.8 Å². The van der Waals surface area contributed by atoms with E-state index in [9.17, 15) is 9.59 Å². The van der Waals surface area contributed by atoms with Crippen LogP contribution in [0, 0.1) is 6.92 Å². The van der Waals surface area contributed by atoms with E-state index in [4.69, 9.17) is 0 Å². The van der Waals surface area contributed by atoms with Crippen LogP contribution in [0.1, 0.15) is 39.1 Å². The molecular weight excluding hydrogens is 388 g/mol. The molecule has 2 N–H and O–H groups in total. The lowest BCUT2D eigenvalue weighted by Gasteiger charge is -1.99. The van der Waals surface area contributed by atoms with E-state index in [1.807, 2.05) is 31.4 Å². The maximum atomic E-state index is 12.5. The zero-order valence-corrected chi connectivity index (χ0v) is 17.0. The molecule has 0 spiro atoms. The number of thiophene rings is 1. The summed E-state index contributed by atoms with van der Waals surface area (Å²) in [7, 11) is 0. The first-order valence-electron chi connectivity index (χ1n) is 8.03. The Hall–Kier alpha value is -2.10. The number of aromatic nitrogens is 2. The fraction of sp³-hybridized carbons (Fsp3) is 0.294. The van der Waals surface area contributed by atoms with Gasteiger partial charge in [0.1, 0.15) is 4.88 Å². The average Bonchev–Trinajstić information content (AvgIpc) is 3.31. The van der Waals surface area contributed by atoms with Crippen LogP contribution >= 0.6 is 34.0 Å². The number of anilines is 1. The minimum atomic E-state index is -0.168. The Morgan fingerprint density at radius 2 is 2.00 bits per heavy atom. The summed E-state index contributed by atoms with van der Waals surface area (Å²) in [5.74, 6) is -0.221. The zero-order valence-electron chi connectivity index (χ0n) is 14.6. The number of thiazole rings is 2. The van der Waals surface area contributed by atoms with Crippen LogP contribution in [0.3, 0.4) is 0 Å². The Bertz CT molecular complexity index is 942. The normalized spacial score (nSPS) is 10.7. The highest BCUT2D eigenvalue weighted by Gasteiger charge is 2.16. The molecule has 0 atom stereocenters. The Labute approximate surface area is 163 Å². The third-order valence-electron chi connectivity index (χ3n) is 3.50. The van der Waals surface area contributed by atoms with Crippen molar-refractivity contribution in [2.24, 2.45) is 0 Å². The second-order valence-electron chi connectivity index (χ2n) is 5.54. The third kappa shape index (κ3) is 4.35. The number of amides is 2. The van der Waals surface area contributed by atoms with Gasteiger partial charge in [0.05, 0.1) is 27.8 Å². The molecule has 0 aliphatic heterocycles. The molecule has 3 heterocycles. The van der Waals surface area contributed by atoms with Gasteiger partial charge in [-0.05, 0) is 25.5 Å². The summed E-state index contributed by atoms with van der Waals surface area (Å²) in [6.45, 7) is 5.88. The largest absolute Gasteiger partial charge is 0.351 e. The molecule has 0 saturated carbocycles. The second kappa shape index (κ2) is 8.07. The first kappa shape index (κ1) is 18.7. The predicted octanol–water partition coefficient (Wildman–Crippen LogP) is 4.09. The number of aryl methyl sites for hydroxylation is 2. The van der Waals surface area contributed by atoms with Crippen molar-refractivity contribution in [1.82, 2.24) is 15.3 Å². The predicted molar refractivity (Wildman–Crippen MR) is 107 cm³/mol.